The molecule has 1 aromatic carbocycles. The van der Waals surface area contributed by atoms with Crippen LogP contribution in [0.5, 0.6) is 0 Å². The number of nitro groups is 1. The van der Waals surface area contributed by atoms with E-state index >= 15 is 0 Å². The first-order valence-electron chi connectivity index (χ1n) is 5.08. The maximum absolute atomic E-state index is 10.9. The van der Waals surface area contributed by atoms with Crippen molar-refractivity contribution in [2.75, 3.05) is 18.0 Å². The summed E-state index contributed by atoms with van der Waals surface area (Å²) in [7, 11) is 0. The number of hydrogen-bond acceptors (Lipinski definition) is 5. The van der Waals surface area contributed by atoms with E-state index in [1.807, 2.05) is 6.07 Å². The largest absolute Gasteiger partial charge is 0.480 e. The number of hydrogen-bond donors (Lipinski definition) is 1. The van der Waals surface area contributed by atoms with Crippen molar-refractivity contribution >= 4 is 17.3 Å². The molecule has 0 saturated heterocycles. The minimum Gasteiger partial charge on any atom is -0.480 e. The number of nitrogens with zero attached hydrogens (tertiary/aromatic N) is 3. The standard InChI is InChI=1S/C12H9N3O4/c1-2-5-14(8-12(16)17)11-6-9(7-13)3-4-10(11)15(18)19/h1,3-4,6H,5,8H2,(H,16,17). The van der Waals surface area contributed by atoms with E-state index in [0.717, 1.165) is 11.0 Å². The van der Waals surface area contributed by atoms with Crippen LogP contribution in [0.4, 0.5) is 11.4 Å². The molecule has 7 nitrogen and oxygen atoms in total. The molecule has 0 aliphatic rings. The predicted molar refractivity (Wildman–Crippen MR) is 66.5 cm³/mol. The molecule has 0 aromatic heterocycles. The third kappa shape index (κ3) is 3.45. The molecule has 0 amide bonds. The molecule has 0 aliphatic heterocycles. The van der Waals surface area contributed by atoms with Crippen molar-refractivity contribution < 1.29 is 14.8 Å². The molecule has 0 saturated carbocycles. The Kier molecular flexibility index (Phi) is 4.44. The Bertz CT molecular complexity index is 598. The summed E-state index contributed by atoms with van der Waals surface area (Å²) in [5.41, 5.74) is -0.0899. The van der Waals surface area contributed by atoms with Crippen LogP contribution in [0.15, 0.2) is 18.2 Å². The van der Waals surface area contributed by atoms with E-state index in [1.54, 1.807) is 0 Å². The van der Waals surface area contributed by atoms with Crippen LogP contribution in [0.2, 0.25) is 0 Å². The number of terminal acetylenes is 1. The molecule has 0 radical (unpaired) electrons. The normalized spacial score (nSPS) is 9.16. The van der Waals surface area contributed by atoms with Gasteiger partial charge in [-0.3, -0.25) is 14.9 Å². The van der Waals surface area contributed by atoms with Gasteiger partial charge in [0.15, 0.2) is 0 Å². The first-order chi connectivity index (χ1) is 8.99. The van der Waals surface area contributed by atoms with Gasteiger partial charge in [0.05, 0.1) is 23.1 Å². The second kappa shape index (κ2) is 6.03. The lowest BCUT2D eigenvalue weighted by molar-refractivity contribution is -0.384. The lowest BCUT2D eigenvalue weighted by atomic mass is 10.1. The van der Waals surface area contributed by atoms with Gasteiger partial charge in [-0.1, -0.05) is 5.92 Å². The molecule has 0 bridgehead atoms. The molecule has 0 atom stereocenters. The summed E-state index contributed by atoms with van der Waals surface area (Å²) in [5.74, 6) is 1.06. The minimum absolute atomic E-state index is 0.0180. The lowest BCUT2D eigenvalue weighted by Gasteiger charge is -2.19. The van der Waals surface area contributed by atoms with Crippen LogP contribution in [0, 0.1) is 33.8 Å². The maximum atomic E-state index is 10.9. The van der Waals surface area contributed by atoms with E-state index in [9.17, 15) is 14.9 Å². The van der Waals surface area contributed by atoms with E-state index in [1.165, 1.54) is 12.1 Å². The quantitative estimate of drug-likeness (QED) is 0.480. The average Bonchev–Trinajstić information content (AvgIpc) is 2.36. The maximum Gasteiger partial charge on any atom is 0.323 e. The molecule has 0 aliphatic carbocycles. The molecule has 19 heavy (non-hydrogen) atoms. The van der Waals surface area contributed by atoms with Crippen molar-refractivity contribution in [2.24, 2.45) is 0 Å². The second-order valence-electron chi connectivity index (χ2n) is 3.53. The summed E-state index contributed by atoms with van der Waals surface area (Å²) in [4.78, 5) is 22.2. The van der Waals surface area contributed by atoms with Gasteiger partial charge in [-0.15, -0.1) is 6.42 Å². The van der Waals surface area contributed by atoms with Crippen molar-refractivity contribution in [3.8, 4) is 18.4 Å². The number of nitro benzene ring substituents is 1. The molecule has 1 rings (SSSR count). The first kappa shape index (κ1) is 14.0. The fourth-order valence-corrected chi connectivity index (χ4v) is 1.50. The van der Waals surface area contributed by atoms with Gasteiger partial charge in [-0.05, 0) is 12.1 Å². The first-order valence-corrected chi connectivity index (χ1v) is 5.08. The number of carbonyl (C=O) groups is 1. The molecule has 0 spiro atoms. The molecule has 0 unspecified atom stereocenters. The predicted octanol–water partition coefficient (Wildman–Crippen LogP) is 0.991. The highest BCUT2D eigenvalue weighted by molar-refractivity contribution is 5.77. The Balaban J connectivity index is 3.33. The van der Waals surface area contributed by atoms with Crippen molar-refractivity contribution in [1.29, 1.82) is 5.26 Å². The van der Waals surface area contributed by atoms with E-state index in [-0.39, 0.29) is 23.5 Å². The molecular weight excluding hydrogens is 250 g/mol. The SMILES string of the molecule is C#CCN(CC(=O)O)c1cc(C#N)ccc1[N+](=O)[O-]. The molecule has 1 N–H and O–H groups in total. The van der Waals surface area contributed by atoms with Gasteiger partial charge >= 0.3 is 5.97 Å². The minimum atomic E-state index is -1.17. The van der Waals surface area contributed by atoms with Crippen molar-refractivity contribution in [2.45, 2.75) is 0 Å². The van der Waals surface area contributed by atoms with E-state index < -0.39 is 17.4 Å². The average molecular weight is 259 g/mol. The second-order valence-corrected chi connectivity index (χ2v) is 3.53. The van der Waals surface area contributed by atoms with Crippen LogP contribution in [0.25, 0.3) is 0 Å². The van der Waals surface area contributed by atoms with Gasteiger partial charge in [0.1, 0.15) is 12.2 Å². The summed E-state index contributed by atoms with van der Waals surface area (Å²) in [6.07, 6.45) is 5.12. The highest BCUT2D eigenvalue weighted by Gasteiger charge is 2.21. The van der Waals surface area contributed by atoms with Crippen LogP contribution in [-0.4, -0.2) is 29.1 Å². The Morgan fingerprint density at radius 3 is 2.74 bits per heavy atom. The monoisotopic (exact) mass is 259 g/mol. The van der Waals surface area contributed by atoms with Crippen LogP contribution >= 0.6 is 0 Å². The summed E-state index contributed by atoms with van der Waals surface area (Å²) >= 11 is 0. The van der Waals surface area contributed by atoms with Gasteiger partial charge in [0.2, 0.25) is 0 Å². The topological polar surface area (TPSA) is 107 Å². The van der Waals surface area contributed by atoms with Gasteiger partial charge in [0.25, 0.3) is 5.69 Å². The smallest absolute Gasteiger partial charge is 0.323 e. The van der Waals surface area contributed by atoms with Crippen LogP contribution in [-0.2, 0) is 4.79 Å². The Hall–Kier alpha value is -3.06. The van der Waals surface area contributed by atoms with E-state index in [2.05, 4.69) is 5.92 Å². The third-order valence-electron chi connectivity index (χ3n) is 2.25. The van der Waals surface area contributed by atoms with E-state index in [4.69, 9.17) is 16.8 Å². The fourth-order valence-electron chi connectivity index (χ4n) is 1.50. The zero-order chi connectivity index (χ0) is 14.4. The van der Waals surface area contributed by atoms with Crippen LogP contribution < -0.4 is 4.90 Å². The summed E-state index contributed by atoms with van der Waals surface area (Å²) in [5, 5.41) is 28.5. The summed E-state index contributed by atoms with van der Waals surface area (Å²) in [6.45, 7) is -0.595. The fraction of sp³-hybridized carbons (Fsp3) is 0.167. The number of anilines is 1. The number of carboxylic acids is 1. The van der Waals surface area contributed by atoms with E-state index in [0.29, 0.717) is 0 Å². The molecule has 1 aromatic rings. The summed E-state index contributed by atoms with van der Waals surface area (Å²) < 4.78 is 0. The number of nitriles is 1. The van der Waals surface area contributed by atoms with Crippen LogP contribution in [0.1, 0.15) is 5.56 Å². The van der Waals surface area contributed by atoms with Gasteiger partial charge < -0.3 is 10.0 Å². The zero-order valence-electron chi connectivity index (χ0n) is 9.74. The van der Waals surface area contributed by atoms with Crippen molar-refractivity contribution in [3.05, 3.63) is 33.9 Å². The Labute approximate surface area is 108 Å². The number of aliphatic carboxylic acids is 1. The van der Waals surface area contributed by atoms with Gasteiger partial charge in [-0.2, -0.15) is 5.26 Å². The zero-order valence-corrected chi connectivity index (χ0v) is 9.74. The molecular formula is C12H9N3O4. The molecule has 0 fully saturated rings. The third-order valence-corrected chi connectivity index (χ3v) is 2.25. The molecule has 0 heterocycles. The Morgan fingerprint density at radius 2 is 2.26 bits per heavy atom. The number of benzene rings is 1. The van der Waals surface area contributed by atoms with Gasteiger partial charge in [0, 0.05) is 6.07 Å². The van der Waals surface area contributed by atoms with Crippen LogP contribution in [0.3, 0.4) is 0 Å². The number of carboxylic acid groups (broad SMARTS) is 1. The lowest BCUT2D eigenvalue weighted by Crippen LogP contribution is -2.30. The highest BCUT2D eigenvalue weighted by Crippen LogP contribution is 2.28. The molecule has 96 valence electrons. The number of rotatable bonds is 5. The summed E-state index contributed by atoms with van der Waals surface area (Å²) in [6, 6.07) is 5.52. The molecule has 7 heteroatoms. The Morgan fingerprint density at radius 1 is 1.58 bits per heavy atom. The van der Waals surface area contributed by atoms with Gasteiger partial charge in [-0.25, -0.2) is 0 Å². The highest BCUT2D eigenvalue weighted by atomic mass is 16.6. The van der Waals surface area contributed by atoms with Crippen molar-refractivity contribution in [3.63, 3.8) is 0 Å². The van der Waals surface area contributed by atoms with Crippen molar-refractivity contribution in [1.82, 2.24) is 0 Å².